The third kappa shape index (κ3) is 8.48. The van der Waals surface area contributed by atoms with Gasteiger partial charge in [0.25, 0.3) is 0 Å². The Labute approximate surface area is 89.7 Å². The normalized spacial score (nSPS) is 13.9. The molecule has 0 aromatic carbocycles. The highest BCUT2D eigenvalue weighted by Crippen LogP contribution is 2.24. The zero-order valence-electron chi connectivity index (χ0n) is 9.45. The van der Waals surface area contributed by atoms with Crippen LogP contribution in [-0.2, 0) is 0 Å². The molecule has 15 heavy (non-hydrogen) atoms. The highest BCUT2D eigenvalue weighted by molar-refractivity contribution is 4.97. The van der Waals surface area contributed by atoms with Crippen LogP contribution in [0.15, 0.2) is 12.2 Å². The van der Waals surface area contributed by atoms with Crippen LogP contribution in [0.1, 0.15) is 39.5 Å². The molecular weight excluding hydrogens is 203 g/mol. The number of hydrogen-bond donors (Lipinski definition) is 1. The third-order valence-corrected chi connectivity index (χ3v) is 2.20. The maximum absolute atomic E-state index is 12.2. The van der Waals surface area contributed by atoms with Crippen molar-refractivity contribution in [3.8, 4) is 0 Å². The molecule has 0 saturated heterocycles. The second kappa shape index (κ2) is 6.88. The topological polar surface area (TPSA) is 12.0 Å². The first-order chi connectivity index (χ1) is 6.89. The average Bonchev–Trinajstić information content (AvgIpc) is 2.11. The molecule has 0 aromatic heterocycles. The van der Waals surface area contributed by atoms with Gasteiger partial charge in [-0.3, -0.25) is 0 Å². The SMILES string of the molecule is C=C(CC)CC(CC(F)(F)F)NCCC. The van der Waals surface area contributed by atoms with Crippen LogP contribution < -0.4 is 5.32 Å². The van der Waals surface area contributed by atoms with E-state index in [-0.39, 0.29) is 0 Å². The smallest absolute Gasteiger partial charge is 0.313 e. The van der Waals surface area contributed by atoms with Crippen molar-refractivity contribution in [1.29, 1.82) is 0 Å². The molecule has 0 heterocycles. The molecule has 0 amide bonds. The molecule has 4 heteroatoms. The Morgan fingerprint density at radius 3 is 2.33 bits per heavy atom. The molecule has 0 spiro atoms. The summed E-state index contributed by atoms with van der Waals surface area (Å²) in [5.74, 6) is 0. The van der Waals surface area contributed by atoms with Crippen molar-refractivity contribution in [3.05, 3.63) is 12.2 Å². The van der Waals surface area contributed by atoms with Gasteiger partial charge < -0.3 is 5.32 Å². The van der Waals surface area contributed by atoms with Crippen molar-refractivity contribution >= 4 is 0 Å². The fourth-order valence-corrected chi connectivity index (χ4v) is 1.34. The number of halogens is 3. The van der Waals surface area contributed by atoms with Crippen LogP contribution >= 0.6 is 0 Å². The monoisotopic (exact) mass is 223 g/mol. The van der Waals surface area contributed by atoms with Gasteiger partial charge >= 0.3 is 6.18 Å². The van der Waals surface area contributed by atoms with E-state index in [4.69, 9.17) is 0 Å². The summed E-state index contributed by atoms with van der Waals surface area (Å²) in [5, 5.41) is 2.91. The second-order valence-electron chi connectivity index (χ2n) is 3.78. The molecule has 90 valence electrons. The summed E-state index contributed by atoms with van der Waals surface area (Å²) >= 11 is 0. The van der Waals surface area contributed by atoms with Crippen LogP contribution in [0, 0.1) is 0 Å². The first-order valence-electron chi connectivity index (χ1n) is 5.35. The van der Waals surface area contributed by atoms with Crippen molar-refractivity contribution in [1.82, 2.24) is 5.32 Å². The summed E-state index contributed by atoms with van der Waals surface area (Å²) in [4.78, 5) is 0. The van der Waals surface area contributed by atoms with E-state index < -0.39 is 18.6 Å². The van der Waals surface area contributed by atoms with Crippen LogP contribution in [-0.4, -0.2) is 18.8 Å². The van der Waals surface area contributed by atoms with Crippen LogP contribution in [0.3, 0.4) is 0 Å². The summed E-state index contributed by atoms with van der Waals surface area (Å²) in [7, 11) is 0. The lowest BCUT2D eigenvalue weighted by Crippen LogP contribution is -2.34. The molecule has 1 N–H and O–H groups in total. The van der Waals surface area contributed by atoms with E-state index in [9.17, 15) is 13.2 Å². The second-order valence-corrected chi connectivity index (χ2v) is 3.78. The number of rotatable bonds is 7. The predicted octanol–water partition coefficient (Wildman–Crippen LogP) is 3.66. The molecular formula is C11H20F3N. The van der Waals surface area contributed by atoms with Gasteiger partial charge in [-0.05, 0) is 25.8 Å². The lowest BCUT2D eigenvalue weighted by molar-refractivity contribution is -0.139. The molecule has 0 aliphatic rings. The molecule has 1 atom stereocenters. The summed E-state index contributed by atoms with van der Waals surface area (Å²) in [6, 6.07) is -0.516. The van der Waals surface area contributed by atoms with Crippen LogP contribution in [0.5, 0.6) is 0 Å². The van der Waals surface area contributed by atoms with Gasteiger partial charge in [0.2, 0.25) is 0 Å². The highest BCUT2D eigenvalue weighted by atomic mass is 19.4. The van der Waals surface area contributed by atoms with Gasteiger partial charge in [0.05, 0.1) is 6.42 Å². The summed E-state index contributed by atoms with van der Waals surface area (Å²) < 4.78 is 36.7. The maximum Gasteiger partial charge on any atom is 0.390 e. The molecule has 0 bridgehead atoms. The zero-order chi connectivity index (χ0) is 11.9. The van der Waals surface area contributed by atoms with Gasteiger partial charge in [-0.25, -0.2) is 0 Å². The van der Waals surface area contributed by atoms with Crippen LogP contribution in [0.2, 0.25) is 0 Å². The zero-order valence-corrected chi connectivity index (χ0v) is 9.45. The third-order valence-electron chi connectivity index (χ3n) is 2.20. The van der Waals surface area contributed by atoms with Gasteiger partial charge in [0.1, 0.15) is 0 Å². The van der Waals surface area contributed by atoms with Gasteiger partial charge in [-0.1, -0.05) is 26.0 Å². The van der Waals surface area contributed by atoms with E-state index in [1.54, 1.807) is 0 Å². The Kier molecular flexibility index (Phi) is 6.65. The Morgan fingerprint density at radius 1 is 1.33 bits per heavy atom. The largest absolute Gasteiger partial charge is 0.390 e. The molecule has 1 nitrogen and oxygen atoms in total. The lowest BCUT2D eigenvalue weighted by Gasteiger charge is -2.20. The summed E-state index contributed by atoms with van der Waals surface area (Å²) in [6.07, 6.45) is -2.88. The Bertz CT molecular complexity index is 187. The van der Waals surface area contributed by atoms with Gasteiger partial charge in [0, 0.05) is 6.04 Å². The quantitative estimate of drug-likeness (QED) is 0.649. The van der Waals surface area contributed by atoms with E-state index in [0.29, 0.717) is 13.0 Å². The fourth-order valence-electron chi connectivity index (χ4n) is 1.34. The minimum Gasteiger partial charge on any atom is -0.313 e. The molecule has 0 rings (SSSR count). The number of nitrogens with one attached hydrogen (secondary N) is 1. The lowest BCUT2D eigenvalue weighted by atomic mass is 10.0. The Morgan fingerprint density at radius 2 is 1.93 bits per heavy atom. The Balaban J connectivity index is 4.12. The van der Waals surface area contributed by atoms with Crippen molar-refractivity contribution in [2.24, 2.45) is 0 Å². The van der Waals surface area contributed by atoms with E-state index in [1.165, 1.54) is 0 Å². The van der Waals surface area contributed by atoms with Crippen molar-refractivity contribution in [3.63, 3.8) is 0 Å². The molecule has 0 fully saturated rings. The first kappa shape index (κ1) is 14.5. The Hall–Kier alpha value is -0.510. The number of alkyl halides is 3. The standard InChI is InChI=1S/C11H20F3N/c1-4-6-15-10(7-9(3)5-2)8-11(12,13)14/h10,15H,3-8H2,1-2H3. The molecule has 0 aliphatic heterocycles. The maximum atomic E-state index is 12.2. The highest BCUT2D eigenvalue weighted by Gasteiger charge is 2.31. The van der Waals surface area contributed by atoms with E-state index in [1.807, 2.05) is 13.8 Å². The van der Waals surface area contributed by atoms with Gasteiger partial charge in [-0.2, -0.15) is 13.2 Å². The summed E-state index contributed by atoms with van der Waals surface area (Å²) in [5.41, 5.74) is 0.868. The first-order valence-corrected chi connectivity index (χ1v) is 5.35. The van der Waals surface area contributed by atoms with Crippen molar-refractivity contribution < 1.29 is 13.2 Å². The van der Waals surface area contributed by atoms with Crippen LogP contribution in [0.4, 0.5) is 13.2 Å². The summed E-state index contributed by atoms with van der Waals surface area (Å²) in [6.45, 7) is 8.21. The predicted molar refractivity (Wildman–Crippen MR) is 56.8 cm³/mol. The molecule has 0 aliphatic carbocycles. The van der Waals surface area contributed by atoms with Gasteiger partial charge in [0.15, 0.2) is 0 Å². The molecule has 0 radical (unpaired) electrons. The van der Waals surface area contributed by atoms with E-state index in [2.05, 4.69) is 11.9 Å². The van der Waals surface area contributed by atoms with Crippen LogP contribution in [0.25, 0.3) is 0 Å². The number of hydrogen-bond acceptors (Lipinski definition) is 1. The molecule has 0 saturated carbocycles. The molecule has 0 aromatic rings. The molecule has 1 unspecified atom stereocenters. The van der Waals surface area contributed by atoms with E-state index >= 15 is 0 Å². The minimum atomic E-state index is -4.10. The van der Waals surface area contributed by atoms with Crippen molar-refractivity contribution in [2.45, 2.75) is 51.7 Å². The van der Waals surface area contributed by atoms with Crippen molar-refractivity contribution in [2.75, 3.05) is 6.54 Å². The van der Waals surface area contributed by atoms with E-state index in [0.717, 1.165) is 18.4 Å². The minimum absolute atomic E-state index is 0.413. The van der Waals surface area contributed by atoms with Gasteiger partial charge in [-0.15, -0.1) is 0 Å². The fraction of sp³-hybridized carbons (Fsp3) is 0.818. The average molecular weight is 223 g/mol.